The lowest BCUT2D eigenvalue weighted by molar-refractivity contribution is 0.0754. The highest BCUT2D eigenvalue weighted by molar-refractivity contribution is 7.10. The maximum Gasteiger partial charge on any atom is 0.404 e. The van der Waals surface area contributed by atoms with Crippen LogP contribution in [0, 0.1) is 0 Å². The molecule has 4 rings (SSSR count). The van der Waals surface area contributed by atoms with Gasteiger partial charge in [0.15, 0.2) is 0 Å². The maximum atomic E-state index is 13.2. The fourth-order valence-electron chi connectivity index (χ4n) is 3.95. The monoisotopic (exact) mass is 514 g/mol. The van der Waals surface area contributed by atoms with Crippen molar-refractivity contribution in [3.63, 3.8) is 0 Å². The molecule has 8 nitrogen and oxygen atoms in total. The Morgan fingerprint density at radius 2 is 2.06 bits per heavy atom. The number of ether oxygens (including phenoxy) is 2. The molecule has 0 saturated carbocycles. The van der Waals surface area contributed by atoms with Crippen molar-refractivity contribution in [1.29, 1.82) is 0 Å². The molecule has 2 aromatic heterocycles. The molecule has 2 N–H and O–H groups in total. The zero-order valence-electron chi connectivity index (χ0n) is 19.4. The summed E-state index contributed by atoms with van der Waals surface area (Å²) in [5.41, 5.74) is 7.38. The van der Waals surface area contributed by atoms with E-state index in [9.17, 15) is 9.59 Å². The summed E-state index contributed by atoms with van der Waals surface area (Å²) < 4.78 is 11.1. The van der Waals surface area contributed by atoms with Crippen molar-refractivity contribution >= 4 is 40.6 Å². The van der Waals surface area contributed by atoms with Gasteiger partial charge in [-0.2, -0.15) is 0 Å². The Balaban J connectivity index is 1.41. The smallest absolute Gasteiger partial charge is 0.404 e. The lowest BCUT2D eigenvalue weighted by Gasteiger charge is -2.22. The molecule has 2 amide bonds. The van der Waals surface area contributed by atoms with Crippen molar-refractivity contribution in [1.82, 2.24) is 9.88 Å². The number of fused-ring (bicyclic) bond motifs is 1. The molecule has 3 aromatic rings. The summed E-state index contributed by atoms with van der Waals surface area (Å²) in [5, 5.41) is 2.38. The lowest BCUT2D eigenvalue weighted by Crippen LogP contribution is -2.33. The van der Waals surface area contributed by atoms with Crippen LogP contribution in [0.5, 0.6) is 5.75 Å². The van der Waals surface area contributed by atoms with Crippen LogP contribution in [0.15, 0.2) is 54.0 Å². The fraction of sp³-hybridized carbons (Fsp3) is 0.320. The molecular formula is C25H27ClN4O4S. The number of halogens is 1. The summed E-state index contributed by atoms with van der Waals surface area (Å²) >= 11 is 7.66. The number of benzene rings is 1. The number of aromatic nitrogens is 1. The highest BCUT2D eigenvalue weighted by Crippen LogP contribution is 2.30. The number of anilines is 1. The van der Waals surface area contributed by atoms with E-state index in [0.29, 0.717) is 43.2 Å². The highest BCUT2D eigenvalue weighted by atomic mass is 35.5. The first-order chi connectivity index (χ1) is 16.9. The van der Waals surface area contributed by atoms with E-state index in [2.05, 4.69) is 4.98 Å². The van der Waals surface area contributed by atoms with Gasteiger partial charge in [0.1, 0.15) is 17.0 Å². The molecule has 35 heavy (non-hydrogen) atoms. The fourth-order valence-corrected chi connectivity index (χ4v) is 4.89. The van der Waals surface area contributed by atoms with E-state index in [1.165, 1.54) is 0 Å². The Bertz CT molecular complexity index is 1160. The summed E-state index contributed by atoms with van der Waals surface area (Å²) in [6, 6.07) is 13.5. The van der Waals surface area contributed by atoms with Gasteiger partial charge < -0.3 is 25.0 Å². The number of nitrogens with two attached hydrogens (primary N) is 1. The first kappa shape index (κ1) is 24.8. The summed E-state index contributed by atoms with van der Waals surface area (Å²) in [4.78, 5) is 33.0. The number of hydrogen-bond donors (Lipinski definition) is 1. The molecule has 10 heteroatoms. The zero-order chi connectivity index (χ0) is 24.8. The number of likely N-dealkylation sites (N-methyl/N-ethyl adjacent to an activating group) is 1. The average Bonchev–Trinajstić information content (AvgIpc) is 3.35. The van der Waals surface area contributed by atoms with Gasteiger partial charge in [0.25, 0.3) is 5.91 Å². The number of nitrogens with zero attached hydrogens (tertiary/aromatic N) is 3. The van der Waals surface area contributed by atoms with Crippen LogP contribution in [0.1, 0.15) is 39.7 Å². The molecule has 1 atom stereocenters. The number of primary amides is 1. The van der Waals surface area contributed by atoms with Gasteiger partial charge >= 0.3 is 6.09 Å². The van der Waals surface area contributed by atoms with E-state index in [-0.39, 0.29) is 18.6 Å². The largest absolute Gasteiger partial charge is 0.485 e. The second-order valence-electron chi connectivity index (χ2n) is 8.25. The second kappa shape index (κ2) is 11.4. The van der Waals surface area contributed by atoms with Gasteiger partial charge in [-0.15, -0.1) is 11.3 Å². The number of pyridine rings is 1. The quantitative estimate of drug-likeness (QED) is 0.322. The molecule has 1 aliphatic rings. The lowest BCUT2D eigenvalue weighted by atomic mass is 10.1. The van der Waals surface area contributed by atoms with Gasteiger partial charge in [-0.1, -0.05) is 29.8 Å². The molecule has 0 saturated heterocycles. The highest BCUT2D eigenvalue weighted by Gasteiger charge is 2.26. The van der Waals surface area contributed by atoms with Gasteiger partial charge in [-0.05, 0) is 48.1 Å². The summed E-state index contributed by atoms with van der Waals surface area (Å²) in [6.07, 6.45) is 1.94. The van der Waals surface area contributed by atoms with Gasteiger partial charge in [0.05, 0.1) is 17.9 Å². The van der Waals surface area contributed by atoms with Crippen LogP contribution < -0.4 is 15.4 Å². The standard InChI is InChI=1S/C25H27ClN4O4S/c1-29-10-11-30(24(31)19-15-28-23(26)14-20(19)29)16-17-6-8-18(9-7-17)34-21(22-5-3-13-35-22)4-2-12-33-25(27)32/h3,5-9,13-15,21H,2,4,10-12,16H2,1H3,(H2,27,32)/t21-/m0/s1. The van der Waals surface area contributed by atoms with Crippen LogP contribution in [-0.2, 0) is 11.3 Å². The normalized spacial score (nSPS) is 14.3. The molecule has 0 unspecified atom stereocenters. The van der Waals surface area contributed by atoms with Crippen molar-refractivity contribution in [2.75, 3.05) is 31.6 Å². The molecular weight excluding hydrogens is 488 g/mol. The van der Waals surface area contributed by atoms with Gasteiger partial charge in [0, 0.05) is 37.8 Å². The predicted octanol–water partition coefficient (Wildman–Crippen LogP) is 4.88. The van der Waals surface area contributed by atoms with Crippen LogP contribution in [0.25, 0.3) is 0 Å². The molecule has 0 bridgehead atoms. The summed E-state index contributed by atoms with van der Waals surface area (Å²) in [6.45, 7) is 2.02. The molecule has 0 aliphatic carbocycles. The molecule has 1 aliphatic heterocycles. The van der Waals surface area contributed by atoms with Gasteiger partial charge in [0.2, 0.25) is 0 Å². The van der Waals surface area contributed by atoms with E-state index in [4.69, 9.17) is 26.8 Å². The topological polar surface area (TPSA) is 98.0 Å². The van der Waals surface area contributed by atoms with Crippen LogP contribution >= 0.6 is 22.9 Å². The molecule has 1 aromatic carbocycles. The van der Waals surface area contributed by atoms with Crippen molar-refractivity contribution in [2.45, 2.75) is 25.5 Å². The van der Waals surface area contributed by atoms with E-state index in [0.717, 1.165) is 21.9 Å². The summed E-state index contributed by atoms with van der Waals surface area (Å²) in [5.74, 6) is 0.666. The number of rotatable bonds is 9. The Kier molecular flexibility index (Phi) is 8.09. The van der Waals surface area contributed by atoms with E-state index in [1.807, 2.05) is 58.6 Å². The van der Waals surface area contributed by atoms with Crippen molar-refractivity contribution in [3.8, 4) is 5.75 Å². The van der Waals surface area contributed by atoms with Crippen LogP contribution in [0.3, 0.4) is 0 Å². The molecule has 0 spiro atoms. The molecule has 3 heterocycles. The Morgan fingerprint density at radius 3 is 2.77 bits per heavy atom. The first-order valence-corrected chi connectivity index (χ1v) is 12.5. The first-order valence-electron chi connectivity index (χ1n) is 11.3. The van der Waals surface area contributed by atoms with Crippen molar-refractivity contribution < 1.29 is 19.1 Å². The van der Waals surface area contributed by atoms with Crippen molar-refractivity contribution in [2.24, 2.45) is 5.73 Å². The molecule has 0 radical (unpaired) electrons. The predicted molar refractivity (Wildman–Crippen MR) is 136 cm³/mol. The number of amides is 2. The SMILES string of the molecule is CN1CCN(Cc2ccc(O[C@@H](CCCOC(N)=O)c3cccs3)cc2)C(=O)c2cnc(Cl)cc21. The number of hydrogen-bond acceptors (Lipinski definition) is 7. The minimum Gasteiger partial charge on any atom is -0.485 e. The maximum absolute atomic E-state index is 13.2. The minimum atomic E-state index is -0.771. The third kappa shape index (κ3) is 6.43. The Labute approximate surface area is 213 Å². The zero-order valence-corrected chi connectivity index (χ0v) is 20.9. The van der Waals surface area contributed by atoms with Crippen molar-refractivity contribution in [3.05, 3.63) is 75.2 Å². The Morgan fingerprint density at radius 1 is 1.26 bits per heavy atom. The van der Waals surface area contributed by atoms with E-state index >= 15 is 0 Å². The molecule has 184 valence electrons. The van der Waals surface area contributed by atoms with Crippen LogP contribution in [-0.4, -0.2) is 48.6 Å². The second-order valence-corrected chi connectivity index (χ2v) is 9.61. The van der Waals surface area contributed by atoms with Crippen LogP contribution in [0.2, 0.25) is 5.15 Å². The number of thiophene rings is 1. The Hall–Kier alpha value is -3.30. The average molecular weight is 515 g/mol. The van der Waals surface area contributed by atoms with Gasteiger partial charge in [-0.25, -0.2) is 9.78 Å². The molecule has 0 fully saturated rings. The third-order valence-corrected chi connectivity index (χ3v) is 6.94. The number of carbonyl (C=O) groups is 2. The third-order valence-electron chi connectivity index (χ3n) is 5.77. The van der Waals surface area contributed by atoms with E-state index < -0.39 is 6.09 Å². The van der Waals surface area contributed by atoms with Crippen LogP contribution in [0.4, 0.5) is 10.5 Å². The van der Waals surface area contributed by atoms with Gasteiger partial charge in [-0.3, -0.25) is 4.79 Å². The number of carbonyl (C=O) groups excluding carboxylic acids is 2. The summed E-state index contributed by atoms with van der Waals surface area (Å²) in [7, 11) is 1.95. The van der Waals surface area contributed by atoms with E-state index in [1.54, 1.807) is 23.6 Å². The minimum absolute atomic E-state index is 0.0650.